The number of rotatable bonds is 4. The van der Waals surface area contributed by atoms with E-state index in [9.17, 15) is 10.1 Å². The molecule has 2 rings (SSSR count). The maximum absolute atomic E-state index is 12.0. The molecule has 0 saturated carbocycles. The molecule has 0 atom stereocenters. The summed E-state index contributed by atoms with van der Waals surface area (Å²) in [5.41, 5.74) is 2.09. The number of nitrogens with zero attached hydrogens (tertiary/aromatic N) is 4. The van der Waals surface area contributed by atoms with Crippen molar-refractivity contribution in [2.75, 3.05) is 25.0 Å². The van der Waals surface area contributed by atoms with Crippen LogP contribution in [0.1, 0.15) is 42.5 Å². The predicted molar refractivity (Wildman–Crippen MR) is 79.8 cm³/mol. The van der Waals surface area contributed by atoms with Crippen molar-refractivity contribution in [1.29, 1.82) is 5.26 Å². The molecule has 1 fully saturated rings. The molecule has 6 heteroatoms. The van der Waals surface area contributed by atoms with Crippen LogP contribution in [0.15, 0.2) is 0 Å². The van der Waals surface area contributed by atoms with Gasteiger partial charge in [-0.3, -0.25) is 4.79 Å². The second kappa shape index (κ2) is 7.02. The van der Waals surface area contributed by atoms with Crippen molar-refractivity contribution in [2.24, 2.45) is 0 Å². The van der Waals surface area contributed by atoms with Crippen LogP contribution in [-0.4, -0.2) is 40.6 Å². The van der Waals surface area contributed by atoms with Crippen molar-refractivity contribution >= 4 is 11.7 Å². The number of hydrogen-bond donors (Lipinski definition) is 1. The lowest BCUT2D eigenvalue weighted by molar-refractivity contribution is -0.131. The Morgan fingerprint density at radius 1 is 1.29 bits per heavy atom. The molecule has 1 amide bonds. The molecule has 1 aromatic rings. The molecule has 0 unspecified atom stereocenters. The minimum atomic E-state index is 0.164. The number of hydrogen-bond acceptors (Lipinski definition) is 5. The van der Waals surface area contributed by atoms with Crippen molar-refractivity contribution < 1.29 is 4.79 Å². The van der Waals surface area contributed by atoms with Crippen molar-refractivity contribution in [3.63, 3.8) is 0 Å². The van der Waals surface area contributed by atoms with E-state index in [2.05, 4.69) is 21.6 Å². The van der Waals surface area contributed by atoms with Gasteiger partial charge in [0.05, 0.1) is 5.69 Å². The van der Waals surface area contributed by atoms with Crippen LogP contribution in [0.25, 0.3) is 0 Å². The van der Waals surface area contributed by atoms with Crippen LogP contribution < -0.4 is 5.32 Å². The summed E-state index contributed by atoms with van der Waals surface area (Å²) in [6.07, 6.45) is 3.83. The first-order valence-corrected chi connectivity index (χ1v) is 7.39. The number of likely N-dealkylation sites (tertiary alicyclic amines) is 1. The van der Waals surface area contributed by atoms with Gasteiger partial charge in [0.25, 0.3) is 0 Å². The van der Waals surface area contributed by atoms with E-state index < -0.39 is 0 Å². The van der Waals surface area contributed by atoms with Crippen molar-refractivity contribution in [1.82, 2.24) is 15.1 Å². The molecule has 1 aromatic heterocycles. The molecule has 0 aromatic carbocycles. The SMILES string of the molecule is Cc1nnc(NCCC(=O)N2CCCCC2)c(C#N)c1C. The van der Waals surface area contributed by atoms with Gasteiger partial charge in [-0.2, -0.15) is 10.4 Å². The number of nitriles is 1. The summed E-state index contributed by atoms with van der Waals surface area (Å²) in [6, 6.07) is 2.15. The van der Waals surface area contributed by atoms with E-state index in [0.29, 0.717) is 24.3 Å². The highest BCUT2D eigenvalue weighted by atomic mass is 16.2. The average molecular weight is 287 g/mol. The molecular formula is C15H21N5O. The van der Waals surface area contributed by atoms with Gasteiger partial charge in [-0.1, -0.05) is 0 Å². The first kappa shape index (κ1) is 15.2. The Labute approximate surface area is 125 Å². The van der Waals surface area contributed by atoms with Crippen LogP contribution in [0.2, 0.25) is 0 Å². The average Bonchev–Trinajstić information content (AvgIpc) is 2.51. The number of carbonyl (C=O) groups excluding carboxylic acids is 1. The number of anilines is 1. The van der Waals surface area contributed by atoms with Crippen LogP contribution in [0.5, 0.6) is 0 Å². The van der Waals surface area contributed by atoms with Crippen molar-refractivity contribution in [3.05, 3.63) is 16.8 Å². The molecule has 112 valence electrons. The zero-order valence-electron chi connectivity index (χ0n) is 12.6. The molecule has 1 aliphatic heterocycles. The minimum absolute atomic E-state index is 0.164. The summed E-state index contributed by atoms with van der Waals surface area (Å²) in [5, 5.41) is 20.3. The minimum Gasteiger partial charge on any atom is -0.367 e. The first-order chi connectivity index (χ1) is 10.1. The second-order valence-electron chi connectivity index (χ2n) is 5.36. The quantitative estimate of drug-likeness (QED) is 0.912. The predicted octanol–water partition coefficient (Wildman–Crippen LogP) is 1.78. The van der Waals surface area contributed by atoms with Gasteiger partial charge in [0.2, 0.25) is 5.91 Å². The smallest absolute Gasteiger partial charge is 0.224 e. The van der Waals surface area contributed by atoms with Crippen molar-refractivity contribution in [2.45, 2.75) is 39.5 Å². The van der Waals surface area contributed by atoms with E-state index in [1.54, 1.807) is 0 Å². The molecule has 0 aliphatic carbocycles. The molecule has 6 nitrogen and oxygen atoms in total. The van der Waals surface area contributed by atoms with E-state index in [-0.39, 0.29) is 5.91 Å². The van der Waals surface area contributed by atoms with E-state index in [4.69, 9.17) is 0 Å². The Morgan fingerprint density at radius 2 is 2.00 bits per heavy atom. The highest BCUT2D eigenvalue weighted by molar-refractivity contribution is 5.76. The molecule has 0 radical (unpaired) electrons. The number of piperidine rings is 1. The molecule has 0 bridgehead atoms. The molecular weight excluding hydrogens is 266 g/mol. The highest BCUT2D eigenvalue weighted by Gasteiger charge is 2.16. The fraction of sp³-hybridized carbons (Fsp3) is 0.600. The van der Waals surface area contributed by atoms with Gasteiger partial charge in [0.15, 0.2) is 5.82 Å². The second-order valence-corrected chi connectivity index (χ2v) is 5.36. The van der Waals surface area contributed by atoms with Gasteiger partial charge in [0.1, 0.15) is 11.6 Å². The van der Waals surface area contributed by atoms with Gasteiger partial charge in [-0.05, 0) is 38.7 Å². The zero-order valence-corrected chi connectivity index (χ0v) is 12.6. The first-order valence-electron chi connectivity index (χ1n) is 7.39. The third kappa shape index (κ3) is 3.69. The Morgan fingerprint density at radius 3 is 2.67 bits per heavy atom. The highest BCUT2D eigenvalue weighted by Crippen LogP contribution is 2.17. The van der Waals surface area contributed by atoms with Gasteiger partial charge in [-0.25, -0.2) is 0 Å². The third-order valence-electron chi connectivity index (χ3n) is 3.91. The largest absolute Gasteiger partial charge is 0.367 e. The van der Waals surface area contributed by atoms with Crippen LogP contribution in [0.4, 0.5) is 5.82 Å². The van der Waals surface area contributed by atoms with E-state index in [0.717, 1.165) is 37.2 Å². The molecule has 1 N–H and O–H groups in total. The summed E-state index contributed by atoms with van der Waals surface area (Å²) in [6.45, 7) is 5.89. The Kier molecular flexibility index (Phi) is 5.09. The van der Waals surface area contributed by atoms with Gasteiger partial charge < -0.3 is 10.2 Å². The van der Waals surface area contributed by atoms with Crippen molar-refractivity contribution in [3.8, 4) is 6.07 Å². The number of nitrogens with one attached hydrogen (secondary N) is 1. The summed E-state index contributed by atoms with van der Waals surface area (Å²) in [5.74, 6) is 0.629. The zero-order chi connectivity index (χ0) is 15.2. The maximum Gasteiger partial charge on any atom is 0.224 e. The molecule has 2 heterocycles. The molecule has 1 saturated heterocycles. The fourth-order valence-corrected chi connectivity index (χ4v) is 2.46. The van der Waals surface area contributed by atoms with Crippen LogP contribution >= 0.6 is 0 Å². The molecule has 0 spiro atoms. The lowest BCUT2D eigenvalue weighted by Gasteiger charge is -2.26. The Balaban J connectivity index is 1.90. The Hall–Kier alpha value is -2.16. The number of carbonyl (C=O) groups is 1. The number of amides is 1. The van der Waals surface area contributed by atoms with E-state index >= 15 is 0 Å². The molecule has 21 heavy (non-hydrogen) atoms. The van der Waals surface area contributed by atoms with E-state index in [1.165, 1.54) is 6.42 Å². The standard InChI is InChI=1S/C15H21N5O/c1-11-12(2)18-19-15(13(11)10-16)17-7-6-14(21)20-8-4-3-5-9-20/h3-9H2,1-2H3,(H,17,19). The summed E-state index contributed by atoms with van der Waals surface area (Å²) in [4.78, 5) is 14.0. The monoisotopic (exact) mass is 287 g/mol. The van der Waals surface area contributed by atoms with Gasteiger partial charge in [-0.15, -0.1) is 5.10 Å². The Bertz CT molecular complexity index is 558. The fourth-order valence-electron chi connectivity index (χ4n) is 2.46. The normalized spacial score (nSPS) is 14.6. The molecule has 1 aliphatic rings. The van der Waals surface area contributed by atoms with Gasteiger partial charge in [0, 0.05) is 26.1 Å². The number of aryl methyl sites for hydroxylation is 1. The summed E-state index contributed by atoms with van der Waals surface area (Å²) >= 11 is 0. The topological polar surface area (TPSA) is 81.9 Å². The van der Waals surface area contributed by atoms with Crippen LogP contribution in [-0.2, 0) is 4.79 Å². The van der Waals surface area contributed by atoms with Gasteiger partial charge >= 0.3 is 0 Å². The van der Waals surface area contributed by atoms with E-state index in [1.807, 2.05) is 18.7 Å². The van der Waals surface area contributed by atoms with Crippen LogP contribution in [0, 0.1) is 25.2 Å². The third-order valence-corrected chi connectivity index (χ3v) is 3.91. The lowest BCUT2D eigenvalue weighted by Crippen LogP contribution is -2.36. The number of aromatic nitrogens is 2. The maximum atomic E-state index is 12.0. The summed E-state index contributed by atoms with van der Waals surface area (Å²) in [7, 11) is 0. The van der Waals surface area contributed by atoms with Crippen LogP contribution in [0.3, 0.4) is 0 Å². The summed E-state index contributed by atoms with van der Waals surface area (Å²) < 4.78 is 0. The lowest BCUT2D eigenvalue weighted by atomic mass is 10.1.